The first-order valence-corrected chi connectivity index (χ1v) is 7.83. The van der Waals surface area contributed by atoms with Crippen LogP contribution in [-0.4, -0.2) is 38.1 Å². The number of piperidine rings is 1. The lowest BCUT2D eigenvalue weighted by Gasteiger charge is -2.32. The standard InChI is InChI=1S/C17H22N4O2/c1-19-13-10-20-17(15-12(13)4-3-5-14(15)23-2)21-8-6-11(7-9-21)16(18)22/h3-5,10-11,19H,6-9H2,1-2H3,(H2,18,22). The minimum absolute atomic E-state index is 0.0315. The molecule has 1 saturated heterocycles. The van der Waals surface area contributed by atoms with Crippen molar-refractivity contribution in [3.05, 3.63) is 24.4 Å². The van der Waals surface area contributed by atoms with Crippen LogP contribution in [0, 0.1) is 5.92 Å². The van der Waals surface area contributed by atoms with Crippen LogP contribution in [0.5, 0.6) is 5.75 Å². The van der Waals surface area contributed by atoms with E-state index in [4.69, 9.17) is 10.5 Å². The molecule has 2 heterocycles. The van der Waals surface area contributed by atoms with Gasteiger partial charge in [0.2, 0.25) is 5.91 Å². The number of anilines is 2. The molecule has 1 aliphatic heterocycles. The van der Waals surface area contributed by atoms with Crippen LogP contribution in [0.2, 0.25) is 0 Å². The number of fused-ring (bicyclic) bond motifs is 1. The smallest absolute Gasteiger partial charge is 0.220 e. The highest BCUT2D eigenvalue weighted by atomic mass is 16.5. The van der Waals surface area contributed by atoms with Crippen molar-refractivity contribution in [1.29, 1.82) is 0 Å². The number of carbonyl (C=O) groups excluding carboxylic acids is 1. The molecule has 3 N–H and O–H groups in total. The molecule has 0 saturated carbocycles. The summed E-state index contributed by atoms with van der Waals surface area (Å²) in [6.07, 6.45) is 3.38. The summed E-state index contributed by atoms with van der Waals surface area (Å²) in [5, 5.41) is 5.25. The summed E-state index contributed by atoms with van der Waals surface area (Å²) in [7, 11) is 3.55. The number of rotatable bonds is 4. The van der Waals surface area contributed by atoms with Gasteiger partial charge in [-0.2, -0.15) is 0 Å². The van der Waals surface area contributed by atoms with E-state index in [2.05, 4.69) is 21.3 Å². The first-order chi connectivity index (χ1) is 11.2. The van der Waals surface area contributed by atoms with Gasteiger partial charge in [-0.05, 0) is 18.9 Å². The van der Waals surface area contributed by atoms with Gasteiger partial charge in [0.15, 0.2) is 0 Å². The molecule has 6 nitrogen and oxygen atoms in total. The average Bonchev–Trinajstić information content (AvgIpc) is 2.60. The molecule has 1 aromatic carbocycles. The number of nitrogens with two attached hydrogens (primary N) is 1. The Morgan fingerprint density at radius 3 is 2.74 bits per heavy atom. The lowest BCUT2D eigenvalue weighted by Crippen LogP contribution is -2.39. The Bertz CT molecular complexity index is 724. The van der Waals surface area contributed by atoms with Gasteiger partial charge in [-0.3, -0.25) is 4.79 Å². The third-order valence-electron chi connectivity index (χ3n) is 4.54. The minimum atomic E-state index is -0.203. The molecule has 3 rings (SSSR count). The minimum Gasteiger partial charge on any atom is -0.496 e. The van der Waals surface area contributed by atoms with E-state index in [9.17, 15) is 4.79 Å². The number of amides is 1. The number of carbonyl (C=O) groups is 1. The summed E-state index contributed by atoms with van der Waals surface area (Å²) in [5.41, 5.74) is 6.39. The van der Waals surface area contributed by atoms with Gasteiger partial charge in [-0.25, -0.2) is 4.98 Å². The molecule has 1 amide bonds. The van der Waals surface area contributed by atoms with Gasteiger partial charge in [-0.15, -0.1) is 0 Å². The summed E-state index contributed by atoms with van der Waals surface area (Å²) >= 11 is 0. The summed E-state index contributed by atoms with van der Waals surface area (Å²) in [6.45, 7) is 1.54. The van der Waals surface area contributed by atoms with Crippen molar-refractivity contribution in [3.63, 3.8) is 0 Å². The number of pyridine rings is 1. The molecule has 6 heteroatoms. The molecule has 1 aliphatic rings. The Kier molecular flexibility index (Phi) is 4.23. The van der Waals surface area contributed by atoms with Crippen LogP contribution < -0.4 is 20.7 Å². The Morgan fingerprint density at radius 1 is 1.39 bits per heavy atom. The molecule has 0 aliphatic carbocycles. The van der Waals surface area contributed by atoms with Crippen LogP contribution in [0.4, 0.5) is 11.5 Å². The van der Waals surface area contributed by atoms with E-state index >= 15 is 0 Å². The molecule has 0 radical (unpaired) electrons. The lowest BCUT2D eigenvalue weighted by molar-refractivity contribution is -0.122. The van der Waals surface area contributed by atoms with Gasteiger partial charge < -0.3 is 20.7 Å². The van der Waals surface area contributed by atoms with Crippen LogP contribution in [0.1, 0.15) is 12.8 Å². The quantitative estimate of drug-likeness (QED) is 0.902. The van der Waals surface area contributed by atoms with Crippen molar-refractivity contribution < 1.29 is 9.53 Å². The summed E-state index contributed by atoms with van der Waals surface area (Å²) < 4.78 is 5.55. The van der Waals surface area contributed by atoms with Crippen molar-refractivity contribution in [2.24, 2.45) is 11.7 Å². The monoisotopic (exact) mass is 314 g/mol. The predicted molar refractivity (Wildman–Crippen MR) is 92.0 cm³/mol. The van der Waals surface area contributed by atoms with Crippen LogP contribution in [-0.2, 0) is 4.79 Å². The van der Waals surface area contributed by atoms with E-state index in [1.54, 1.807) is 7.11 Å². The highest BCUT2D eigenvalue weighted by Gasteiger charge is 2.25. The van der Waals surface area contributed by atoms with Crippen molar-refractivity contribution in [1.82, 2.24) is 4.98 Å². The van der Waals surface area contributed by atoms with E-state index in [0.29, 0.717) is 0 Å². The second kappa shape index (κ2) is 6.32. The van der Waals surface area contributed by atoms with E-state index in [0.717, 1.165) is 54.0 Å². The average molecular weight is 314 g/mol. The van der Waals surface area contributed by atoms with Gasteiger partial charge in [0.1, 0.15) is 11.6 Å². The zero-order valence-corrected chi connectivity index (χ0v) is 13.5. The topological polar surface area (TPSA) is 80.5 Å². The third kappa shape index (κ3) is 2.76. The molecule has 23 heavy (non-hydrogen) atoms. The highest BCUT2D eigenvalue weighted by Crippen LogP contribution is 2.37. The number of primary amides is 1. The van der Waals surface area contributed by atoms with Gasteiger partial charge in [0.25, 0.3) is 0 Å². The van der Waals surface area contributed by atoms with E-state index in [1.165, 1.54) is 0 Å². The molecule has 0 unspecified atom stereocenters. The first kappa shape index (κ1) is 15.4. The molecule has 1 fully saturated rings. The second-order valence-electron chi connectivity index (χ2n) is 5.79. The Labute approximate surface area is 135 Å². The largest absolute Gasteiger partial charge is 0.496 e. The molecular formula is C17H22N4O2. The molecule has 1 aromatic heterocycles. The van der Waals surface area contributed by atoms with E-state index in [-0.39, 0.29) is 11.8 Å². The zero-order valence-electron chi connectivity index (χ0n) is 13.5. The molecule has 122 valence electrons. The van der Waals surface area contributed by atoms with Gasteiger partial charge >= 0.3 is 0 Å². The third-order valence-corrected chi connectivity index (χ3v) is 4.54. The molecule has 0 atom stereocenters. The maximum Gasteiger partial charge on any atom is 0.220 e. The number of ether oxygens (including phenoxy) is 1. The molecule has 2 aromatic rings. The fourth-order valence-corrected chi connectivity index (χ4v) is 3.23. The molecule has 0 bridgehead atoms. The number of hydrogen-bond donors (Lipinski definition) is 2. The number of nitrogens with one attached hydrogen (secondary N) is 1. The van der Waals surface area contributed by atoms with Crippen LogP contribution in [0.15, 0.2) is 24.4 Å². The van der Waals surface area contributed by atoms with E-state index < -0.39 is 0 Å². The van der Waals surface area contributed by atoms with Gasteiger partial charge in [0, 0.05) is 31.4 Å². The second-order valence-corrected chi connectivity index (χ2v) is 5.79. The van der Waals surface area contributed by atoms with Crippen molar-refractivity contribution in [2.45, 2.75) is 12.8 Å². The SMILES string of the molecule is CNc1cnc(N2CCC(C(N)=O)CC2)c2c(OC)cccc12. The fraction of sp³-hybridized carbons (Fsp3) is 0.412. The van der Waals surface area contributed by atoms with Gasteiger partial charge in [-0.1, -0.05) is 12.1 Å². The number of benzene rings is 1. The normalized spacial score (nSPS) is 15.7. The fourth-order valence-electron chi connectivity index (χ4n) is 3.23. The maximum absolute atomic E-state index is 11.4. The Morgan fingerprint density at radius 2 is 2.13 bits per heavy atom. The highest BCUT2D eigenvalue weighted by molar-refractivity contribution is 6.04. The maximum atomic E-state index is 11.4. The predicted octanol–water partition coefficient (Wildman–Crippen LogP) is 1.99. The van der Waals surface area contributed by atoms with Crippen LogP contribution >= 0.6 is 0 Å². The number of methoxy groups -OCH3 is 1. The first-order valence-electron chi connectivity index (χ1n) is 7.83. The summed E-state index contributed by atoms with van der Waals surface area (Å²) in [5.74, 6) is 1.47. The number of nitrogens with zero attached hydrogens (tertiary/aromatic N) is 2. The summed E-state index contributed by atoms with van der Waals surface area (Å²) in [4.78, 5) is 18.2. The Balaban J connectivity index is 2.03. The molecular weight excluding hydrogens is 292 g/mol. The number of hydrogen-bond acceptors (Lipinski definition) is 5. The molecule has 0 spiro atoms. The zero-order chi connectivity index (χ0) is 16.4. The van der Waals surface area contributed by atoms with Gasteiger partial charge in [0.05, 0.1) is 24.4 Å². The number of aromatic nitrogens is 1. The van der Waals surface area contributed by atoms with Crippen LogP contribution in [0.3, 0.4) is 0 Å². The van der Waals surface area contributed by atoms with Crippen molar-refractivity contribution in [3.8, 4) is 5.75 Å². The van der Waals surface area contributed by atoms with Crippen molar-refractivity contribution >= 4 is 28.2 Å². The van der Waals surface area contributed by atoms with E-state index in [1.807, 2.05) is 25.4 Å². The summed E-state index contributed by atoms with van der Waals surface area (Å²) in [6, 6.07) is 5.99. The van der Waals surface area contributed by atoms with Crippen molar-refractivity contribution in [2.75, 3.05) is 37.5 Å². The Hall–Kier alpha value is -2.50. The lowest BCUT2D eigenvalue weighted by atomic mass is 9.96. The van der Waals surface area contributed by atoms with Crippen LogP contribution in [0.25, 0.3) is 10.8 Å².